The number of benzene rings is 1. The molecule has 0 saturated heterocycles. The molecule has 6 nitrogen and oxygen atoms in total. The number of aromatic nitrogens is 2. The Morgan fingerprint density at radius 3 is 2.74 bits per heavy atom. The molecule has 8 heteroatoms. The minimum Gasteiger partial charge on any atom is -0.339 e. The first-order valence-electron chi connectivity index (χ1n) is 7.03. The molecule has 1 aromatic carbocycles. The van der Waals surface area contributed by atoms with Crippen molar-refractivity contribution in [2.75, 3.05) is 0 Å². The summed E-state index contributed by atoms with van der Waals surface area (Å²) in [7, 11) is -3.56. The van der Waals surface area contributed by atoms with Gasteiger partial charge in [0.2, 0.25) is 21.7 Å². The van der Waals surface area contributed by atoms with Gasteiger partial charge in [-0.1, -0.05) is 42.4 Å². The topological polar surface area (TPSA) is 85.1 Å². The Kier molecular flexibility index (Phi) is 4.56. The third-order valence-electron chi connectivity index (χ3n) is 3.18. The molecule has 120 valence electrons. The van der Waals surface area contributed by atoms with Crippen molar-refractivity contribution in [2.45, 2.75) is 24.1 Å². The van der Waals surface area contributed by atoms with Crippen LogP contribution < -0.4 is 4.72 Å². The van der Waals surface area contributed by atoms with E-state index in [1.165, 1.54) is 0 Å². The van der Waals surface area contributed by atoms with E-state index < -0.39 is 10.0 Å². The summed E-state index contributed by atoms with van der Waals surface area (Å²) in [6.07, 6.45) is 0.640. The van der Waals surface area contributed by atoms with Crippen LogP contribution in [0.3, 0.4) is 0 Å². The van der Waals surface area contributed by atoms with E-state index in [-0.39, 0.29) is 10.8 Å². The molecule has 0 radical (unpaired) electrons. The molecule has 2 heterocycles. The molecular weight excluding hydrogens is 334 g/mol. The summed E-state index contributed by atoms with van der Waals surface area (Å²) in [6, 6.07) is 10.9. The van der Waals surface area contributed by atoms with Crippen LogP contribution in [-0.4, -0.2) is 18.6 Å². The second-order valence-corrected chi connectivity index (χ2v) is 7.73. The Morgan fingerprint density at radius 1 is 1.26 bits per heavy atom. The van der Waals surface area contributed by atoms with Crippen LogP contribution in [0.2, 0.25) is 0 Å². The van der Waals surface area contributed by atoms with Crippen LogP contribution in [0.4, 0.5) is 0 Å². The zero-order valence-corrected chi connectivity index (χ0v) is 14.0. The van der Waals surface area contributed by atoms with Crippen LogP contribution >= 0.6 is 11.3 Å². The maximum absolute atomic E-state index is 12.3. The van der Waals surface area contributed by atoms with Crippen molar-refractivity contribution in [3.63, 3.8) is 0 Å². The monoisotopic (exact) mass is 349 g/mol. The Hall–Kier alpha value is -2.03. The maximum Gasteiger partial charge on any atom is 0.250 e. The summed E-state index contributed by atoms with van der Waals surface area (Å²) < 4.78 is 32.6. The Balaban J connectivity index is 1.75. The van der Waals surface area contributed by atoms with E-state index in [1.54, 1.807) is 11.4 Å². The molecule has 0 aliphatic rings. The normalized spacial score (nSPS) is 11.7. The first-order chi connectivity index (χ1) is 11.1. The third kappa shape index (κ3) is 3.66. The number of thiophene rings is 1. The molecule has 0 unspecified atom stereocenters. The summed E-state index contributed by atoms with van der Waals surface area (Å²) >= 11 is 1.13. The smallest absolute Gasteiger partial charge is 0.250 e. The lowest BCUT2D eigenvalue weighted by Crippen LogP contribution is -2.22. The van der Waals surface area contributed by atoms with Gasteiger partial charge in [0.05, 0.1) is 0 Å². The third-order valence-corrected chi connectivity index (χ3v) is 6.02. The zero-order valence-electron chi connectivity index (χ0n) is 12.4. The molecule has 1 N–H and O–H groups in total. The molecule has 0 aliphatic carbocycles. The lowest BCUT2D eigenvalue weighted by molar-refractivity contribution is 0.383. The zero-order chi connectivity index (χ0) is 16.3. The molecule has 3 aromatic rings. The molecule has 23 heavy (non-hydrogen) atoms. The molecule has 0 amide bonds. The van der Waals surface area contributed by atoms with E-state index in [1.807, 2.05) is 37.3 Å². The molecule has 0 spiro atoms. The largest absolute Gasteiger partial charge is 0.339 e. The quantitative estimate of drug-likeness (QED) is 0.739. The number of rotatable bonds is 6. The van der Waals surface area contributed by atoms with Crippen molar-refractivity contribution >= 4 is 21.4 Å². The molecule has 0 fully saturated rings. The Bertz CT molecular complexity index is 886. The number of hydrogen-bond donors (Lipinski definition) is 1. The number of hydrogen-bond acceptors (Lipinski definition) is 6. The predicted octanol–water partition coefficient (Wildman–Crippen LogP) is 2.84. The Labute approximate surface area is 138 Å². The highest BCUT2D eigenvalue weighted by molar-refractivity contribution is 7.91. The van der Waals surface area contributed by atoms with Gasteiger partial charge in [-0.25, -0.2) is 13.1 Å². The average Bonchev–Trinajstić information content (AvgIpc) is 3.23. The number of aryl methyl sites for hydroxylation is 1. The van der Waals surface area contributed by atoms with Crippen LogP contribution in [0.25, 0.3) is 11.4 Å². The average molecular weight is 349 g/mol. The van der Waals surface area contributed by atoms with Crippen molar-refractivity contribution in [1.82, 2.24) is 14.9 Å². The van der Waals surface area contributed by atoms with Crippen LogP contribution in [0.5, 0.6) is 0 Å². The van der Waals surface area contributed by atoms with Crippen molar-refractivity contribution in [1.29, 1.82) is 0 Å². The fourth-order valence-corrected chi connectivity index (χ4v) is 4.16. The van der Waals surface area contributed by atoms with Crippen LogP contribution in [0.1, 0.15) is 18.4 Å². The first kappa shape index (κ1) is 15.9. The fourth-order valence-electron chi connectivity index (χ4n) is 1.94. The van der Waals surface area contributed by atoms with Gasteiger partial charge in [0.1, 0.15) is 4.21 Å². The van der Waals surface area contributed by atoms with Gasteiger partial charge in [-0.2, -0.15) is 4.98 Å². The molecule has 2 aromatic heterocycles. The minimum atomic E-state index is -3.56. The lowest BCUT2D eigenvalue weighted by atomic mass is 10.2. The van der Waals surface area contributed by atoms with Gasteiger partial charge < -0.3 is 4.52 Å². The van der Waals surface area contributed by atoms with Crippen LogP contribution in [0, 0.1) is 0 Å². The van der Waals surface area contributed by atoms with Crippen molar-refractivity contribution in [3.8, 4) is 11.4 Å². The summed E-state index contributed by atoms with van der Waals surface area (Å²) in [4.78, 5) is 4.20. The van der Waals surface area contributed by atoms with E-state index in [0.717, 1.165) is 16.9 Å². The van der Waals surface area contributed by atoms with Crippen molar-refractivity contribution < 1.29 is 12.9 Å². The van der Waals surface area contributed by atoms with Gasteiger partial charge in [-0.3, -0.25) is 0 Å². The second-order valence-electron chi connectivity index (χ2n) is 4.83. The van der Waals surface area contributed by atoms with Gasteiger partial charge >= 0.3 is 0 Å². The standard InChI is InChI=1S/C15H15N3O3S2/c1-2-13-17-15(18-21-13)12-8-14(22-10-12)23(19,20)16-9-11-6-4-3-5-7-11/h3-8,10,16H,2,9H2,1H3. The molecule has 3 rings (SSSR count). The highest BCUT2D eigenvalue weighted by Crippen LogP contribution is 2.26. The van der Waals surface area contributed by atoms with Crippen LogP contribution in [-0.2, 0) is 23.0 Å². The fraction of sp³-hybridized carbons (Fsp3) is 0.200. The highest BCUT2D eigenvalue weighted by Gasteiger charge is 2.18. The number of sulfonamides is 1. The summed E-state index contributed by atoms with van der Waals surface area (Å²) in [6.45, 7) is 2.16. The van der Waals surface area contributed by atoms with Gasteiger partial charge in [0, 0.05) is 23.9 Å². The van der Waals surface area contributed by atoms with Crippen LogP contribution in [0.15, 0.2) is 50.5 Å². The number of nitrogens with zero attached hydrogens (tertiary/aromatic N) is 2. The van der Waals surface area contributed by atoms with E-state index >= 15 is 0 Å². The highest BCUT2D eigenvalue weighted by atomic mass is 32.2. The molecule has 0 atom stereocenters. The summed E-state index contributed by atoms with van der Waals surface area (Å²) in [5, 5.41) is 5.56. The SMILES string of the molecule is CCc1nc(-c2csc(S(=O)(=O)NCc3ccccc3)c2)no1. The molecule has 0 saturated carbocycles. The molecule has 0 bridgehead atoms. The van der Waals surface area contributed by atoms with Gasteiger partial charge in [0.15, 0.2) is 0 Å². The van der Waals surface area contributed by atoms with Crippen molar-refractivity contribution in [3.05, 3.63) is 53.2 Å². The summed E-state index contributed by atoms with van der Waals surface area (Å²) in [5.74, 6) is 0.931. The summed E-state index contributed by atoms with van der Waals surface area (Å²) in [5.41, 5.74) is 1.54. The van der Waals surface area contributed by atoms with Gasteiger partial charge in [-0.15, -0.1) is 11.3 Å². The van der Waals surface area contributed by atoms with E-state index in [0.29, 0.717) is 23.7 Å². The Morgan fingerprint density at radius 2 is 2.04 bits per heavy atom. The van der Waals surface area contributed by atoms with Gasteiger partial charge in [-0.05, 0) is 11.6 Å². The lowest BCUT2D eigenvalue weighted by Gasteiger charge is -2.04. The second kappa shape index (κ2) is 6.61. The van der Waals surface area contributed by atoms with Gasteiger partial charge in [0.25, 0.3) is 0 Å². The molecule has 0 aliphatic heterocycles. The predicted molar refractivity (Wildman–Crippen MR) is 87.5 cm³/mol. The number of nitrogens with one attached hydrogen (secondary N) is 1. The van der Waals surface area contributed by atoms with E-state index in [2.05, 4.69) is 14.9 Å². The van der Waals surface area contributed by atoms with E-state index in [4.69, 9.17) is 4.52 Å². The molecular formula is C15H15N3O3S2. The maximum atomic E-state index is 12.3. The first-order valence-corrected chi connectivity index (χ1v) is 9.40. The van der Waals surface area contributed by atoms with Crippen molar-refractivity contribution in [2.24, 2.45) is 0 Å². The minimum absolute atomic E-state index is 0.228. The van der Waals surface area contributed by atoms with E-state index in [9.17, 15) is 8.42 Å².